The lowest BCUT2D eigenvalue weighted by molar-refractivity contribution is -0.133. The topological polar surface area (TPSA) is 90.2 Å². The quantitative estimate of drug-likeness (QED) is 0.843. The number of nitriles is 1. The summed E-state index contributed by atoms with van der Waals surface area (Å²) in [6.07, 6.45) is 0. The average molecular weight is 268 g/mol. The van der Waals surface area contributed by atoms with Gasteiger partial charge in [-0.1, -0.05) is 6.07 Å². The van der Waals surface area contributed by atoms with Gasteiger partial charge in [-0.3, -0.25) is 9.59 Å². The van der Waals surface area contributed by atoms with E-state index in [1.807, 2.05) is 0 Å². The first kappa shape index (κ1) is 14.0. The Hall–Kier alpha value is -2.07. The molecule has 2 N–H and O–H groups in total. The van der Waals surface area contributed by atoms with Gasteiger partial charge in [0.2, 0.25) is 5.91 Å². The van der Waals surface area contributed by atoms with Crippen LogP contribution in [0.15, 0.2) is 18.2 Å². The molecule has 1 amide bonds. The van der Waals surface area contributed by atoms with E-state index >= 15 is 0 Å². The van der Waals surface area contributed by atoms with E-state index in [0.29, 0.717) is 0 Å². The number of benzene rings is 1. The summed E-state index contributed by atoms with van der Waals surface area (Å²) in [5.41, 5.74) is -0.160. The number of carboxylic acids is 1. The van der Waals surface area contributed by atoms with Crippen molar-refractivity contribution in [2.45, 2.75) is 0 Å². The SMILES string of the molecule is N#Cc1c(F)cccc1NC(=O)CSCC(=O)O. The van der Waals surface area contributed by atoms with Gasteiger partial charge >= 0.3 is 5.97 Å². The summed E-state index contributed by atoms with van der Waals surface area (Å²) in [6, 6.07) is 5.55. The van der Waals surface area contributed by atoms with Crippen molar-refractivity contribution in [1.82, 2.24) is 0 Å². The Balaban J connectivity index is 2.63. The lowest BCUT2D eigenvalue weighted by Gasteiger charge is -2.06. The summed E-state index contributed by atoms with van der Waals surface area (Å²) < 4.78 is 13.2. The molecule has 0 saturated carbocycles. The van der Waals surface area contributed by atoms with Gasteiger partial charge in [0, 0.05) is 0 Å². The number of carbonyl (C=O) groups is 2. The van der Waals surface area contributed by atoms with Crippen LogP contribution in [-0.2, 0) is 9.59 Å². The lowest BCUT2D eigenvalue weighted by Crippen LogP contribution is -2.16. The molecule has 0 aliphatic heterocycles. The van der Waals surface area contributed by atoms with Crippen LogP contribution in [0, 0.1) is 17.1 Å². The van der Waals surface area contributed by atoms with E-state index < -0.39 is 17.7 Å². The summed E-state index contributed by atoms with van der Waals surface area (Å²) in [5, 5.41) is 19.5. The van der Waals surface area contributed by atoms with Crippen molar-refractivity contribution in [2.75, 3.05) is 16.8 Å². The van der Waals surface area contributed by atoms with E-state index in [1.54, 1.807) is 6.07 Å². The maximum Gasteiger partial charge on any atom is 0.313 e. The molecule has 1 aromatic carbocycles. The number of thioether (sulfide) groups is 1. The first-order chi connectivity index (χ1) is 8.54. The Labute approximate surface area is 107 Å². The Morgan fingerprint density at radius 2 is 2.17 bits per heavy atom. The molecule has 0 spiro atoms. The number of carboxylic acid groups (broad SMARTS) is 1. The Morgan fingerprint density at radius 3 is 2.78 bits per heavy atom. The van der Waals surface area contributed by atoms with Gasteiger partial charge in [-0.2, -0.15) is 5.26 Å². The molecular formula is C11H9FN2O3S. The summed E-state index contributed by atoms with van der Waals surface area (Å²) in [5.74, 6) is -2.48. The minimum atomic E-state index is -1.02. The fourth-order valence-corrected chi connectivity index (χ4v) is 1.69. The van der Waals surface area contributed by atoms with E-state index in [9.17, 15) is 14.0 Å². The van der Waals surface area contributed by atoms with E-state index in [4.69, 9.17) is 10.4 Å². The predicted octanol–water partition coefficient (Wildman–Crippen LogP) is 1.45. The standard InChI is InChI=1S/C11H9FN2O3S/c12-8-2-1-3-9(7(8)4-13)14-10(15)5-18-6-11(16)17/h1-3H,5-6H2,(H,14,15)(H,16,17). The minimum absolute atomic E-state index is 0.0757. The van der Waals surface area contributed by atoms with Gasteiger partial charge in [-0.15, -0.1) is 11.8 Å². The van der Waals surface area contributed by atoms with Crippen molar-refractivity contribution >= 4 is 29.3 Å². The van der Waals surface area contributed by atoms with Crippen LogP contribution >= 0.6 is 11.8 Å². The largest absolute Gasteiger partial charge is 0.481 e. The summed E-state index contributed by atoms with van der Waals surface area (Å²) in [7, 11) is 0. The van der Waals surface area contributed by atoms with Gasteiger partial charge in [0.05, 0.1) is 17.2 Å². The monoisotopic (exact) mass is 268 g/mol. The van der Waals surface area contributed by atoms with Crippen LogP contribution in [0.2, 0.25) is 0 Å². The number of nitrogens with zero attached hydrogens (tertiary/aromatic N) is 1. The molecule has 1 aromatic rings. The summed E-state index contributed by atoms with van der Waals surface area (Å²) >= 11 is 0.918. The van der Waals surface area contributed by atoms with Crippen LogP contribution in [-0.4, -0.2) is 28.5 Å². The molecule has 1 rings (SSSR count). The average Bonchev–Trinajstić information content (AvgIpc) is 2.28. The number of hydrogen-bond acceptors (Lipinski definition) is 4. The zero-order valence-electron chi connectivity index (χ0n) is 9.14. The predicted molar refractivity (Wildman–Crippen MR) is 64.7 cm³/mol. The molecule has 0 aliphatic rings. The van der Waals surface area contributed by atoms with E-state index in [1.165, 1.54) is 12.1 Å². The Bertz CT molecular complexity index is 514. The van der Waals surface area contributed by atoms with E-state index in [2.05, 4.69) is 5.32 Å². The highest BCUT2D eigenvalue weighted by Crippen LogP contribution is 2.17. The second-order valence-electron chi connectivity index (χ2n) is 3.21. The smallest absolute Gasteiger partial charge is 0.313 e. The number of aliphatic carboxylic acids is 1. The van der Waals surface area contributed by atoms with Crippen LogP contribution in [0.5, 0.6) is 0 Å². The number of hydrogen-bond donors (Lipinski definition) is 2. The third-order valence-electron chi connectivity index (χ3n) is 1.86. The fourth-order valence-electron chi connectivity index (χ4n) is 1.16. The Kier molecular flexibility index (Phi) is 5.14. The number of halogens is 1. The molecule has 0 saturated heterocycles. The third kappa shape index (κ3) is 4.07. The number of rotatable bonds is 5. The highest BCUT2D eigenvalue weighted by molar-refractivity contribution is 8.00. The maximum atomic E-state index is 13.2. The molecule has 7 heteroatoms. The van der Waals surface area contributed by atoms with Crippen molar-refractivity contribution in [1.29, 1.82) is 5.26 Å². The maximum absolute atomic E-state index is 13.2. The van der Waals surface area contributed by atoms with E-state index in [0.717, 1.165) is 17.8 Å². The lowest BCUT2D eigenvalue weighted by atomic mass is 10.2. The van der Waals surface area contributed by atoms with Crippen LogP contribution in [0.3, 0.4) is 0 Å². The second-order valence-corrected chi connectivity index (χ2v) is 4.19. The first-order valence-corrected chi connectivity index (χ1v) is 5.98. The number of amides is 1. The molecule has 0 heterocycles. The van der Waals surface area contributed by atoms with Crippen LogP contribution < -0.4 is 5.32 Å². The minimum Gasteiger partial charge on any atom is -0.481 e. The normalized spacial score (nSPS) is 9.56. The van der Waals surface area contributed by atoms with Gasteiger partial charge in [0.1, 0.15) is 17.4 Å². The van der Waals surface area contributed by atoms with Crippen molar-refractivity contribution in [3.05, 3.63) is 29.6 Å². The highest BCUT2D eigenvalue weighted by atomic mass is 32.2. The second kappa shape index (κ2) is 6.61. The van der Waals surface area contributed by atoms with Crippen LogP contribution in [0.25, 0.3) is 0 Å². The molecule has 0 aromatic heterocycles. The summed E-state index contributed by atoms with van der Waals surface area (Å²) in [6.45, 7) is 0. The van der Waals surface area contributed by atoms with Gasteiger partial charge < -0.3 is 10.4 Å². The Morgan fingerprint density at radius 1 is 1.44 bits per heavy atom. The number of carbonyl (C=O) groups excluding carboxylic acids is 1. The van der Waals surface area contributed by atoms with Crippen molar-refractivity contribution in [3.8, 4) is 6.07 Å². The van der Waals surface area contributed by atoms with Gasteiger partial charge in [0.25, 0.3) is 0 Å². The molecule has 0 atom stereocenters. The molecule has 5 nitrogen and oxygen atoms in total. The molecule has 18 heavy (non-hydrogen) atoms. The zero-order valence-corrected chi connectivity index (χ0v) is 9.96. The van der Waals surface area contributed by atoms with Crippen LogP contribution in [0.1, 0.15) is 5.56 Å². The number of anilines is 1. The van der Waals surface area contributed by atoms with Crippen molar-refractivity contribution < 1.29 is 19.1 Å². The molecule has 0 bridgehead atoms. The van der Waals surface area contributed by atoms with Crippen molar-refractivity contribution in [3.63, 3.8) is 0 Å². The molecule has 0 fully saturated rings. The van der Waals surface area contributed by atoms with Gasteiger partial charge in [-0.25, -0.2) is 4.39 Å². The highest BCUT2D eigenvalue weighted by Gasteiger charge is 2.11. The molecule has 0 unspecified atom stereocenters. The van der Waals surface area contributed by atoms with Crippen LogP contribution in [0.4, 0.5) is 10.1 Å². The molecule has 94 valence electrons. The number of nitrogens with one attached hydrogen (secondary N) is 1. The van der Waals surface area contributed by atoms with Gasteiger partial charge in [-0.05, 0) is 12.1 Å². The first-order valence-electron chi connectivity index (χ1n) is 4.82. The van der Waals surface area contributed by atoms with E-state index in [-0.39, 0.29) is 22.8 Å². The summed E-state index contributed by atoms with van der Waals surface area (Å²) in [4.78, 5) is 21.7. The molecule has 0 aliphatic carbocycles. The zero-order chi connectivity index (χ0) is 13.5. The molecular weight excluding hydrogens is 259 g/mol. The molecule has 0 radical (unpaired) electrons. The van der Waals surface area contributed by atoms with Gasteiger partial charge in [0.15, 0.2) is 0 Å². The fraction of sp³-hybridized carbons (Fsp3) is 0.182. The third-order valence-corrected chi connectivity index (χ3v) is 2.78. The van der Waals surface area contributed by atoms with Crippen molar-refractivity contribution in [2.24, 2.45) is 0 Å².